The van der Waals surface area contributed by atoms with Gasteiger partial charge in [0, 0.05) is 0 Å². The predicted octanol–water partition coefficient (Wildman–Crippen LogP) is 3.82. The second kappa shape index (κ2) is 5.28. The zero-order valence-electron chi connectivity index (χ0n) is 11.3. The Kier molecular flexibility index (Phi) is 3.66. The van der Waals surface area contributed by atoms with Crippen molar-refractivity contribution in [2.24, 2.45) is 11.8 Å². The van der Waals surface area contributed by atoms with E-state index in [9.17, 15) is 8.42 Å². The van der Waals surface area contributed by atoms with Crippen LogP contribution in [0.4, 0.5) is 0 Å². The Morgan fingerprint density at radius 1 is 0.842 bits per heavy atom. The molecule has 3 heteroatoms. The number of hydrogen-bond acceptors (Lipinski definition) is 2. The molecule has 3 atom stereocenters. The summed E-state index contributed by atoms with van der Waals surface area (Å²) in [7, 11) is -3.14. The monoisotopic (exact) mass is 278 g/mol. The minimum atomic E-state index is -3.14. The van der Waals surface area contributed by atoms with Gasteiger partial charge in [0.25, 0.3) is 0 Å². The summed E-state index contributed by atoms with van der Waals surface area (Å²) in [6, 6.07) is 9.05. The molecule has 2 aliphatic rings. The molecule has 0 saturated heterocycles. The van der Waals surface area contributed by atoms with Crippen molar-refractivity contribution in [1.29, 1.82) is 0 Å². The molecule has 0 heterocycles. The molecular weight excluding hydrogens is 256 g/mol. The van der Waals surface area contributed by atoms with Gasteiger partial charge in [0.15, 0.2) is 9.84 Å². The van der Waals surface area contributed by atoms with E-state index in [0.29, 0.717) is 16.7 Å². The molecule has 3 rings (SSSR count). The first-order valence-electron chi connectivity index (χ1n) is 7.48. The number of sulfone groups is 1. The molecule has 3 unspecified atom stereocenters. The summed E-state index contributed by atoms with van der Waals surface area (Å²) in [6.45, 7) is 0. The van der Waals surface area contributed by atoms with Gasteiger partial charge in [-0.15, -0.1) is 0 Å². The fourth-order valence-electron chi connectivity index (χ4n) is 4.05. The third kappa shape index (κ3) is 2.45. The van der Waals surface area contributed by atoms with E-state index in [4.69, 9.17) is 0 Å². The maximum absolute atomic E-state index is 12.9. The normalized spacial score (nSPS) is 31.7. The van der Waals surface area contributed by atoms with Gasteiger partial charge in [-0.25, -0.2) is 8.42 Å². The second-order valence-electron chi connectivity index (χ2n) is 6.04. The molecule has 0 N–H and O–H groups in total. The van der Waals surface area contributed by atoms with Gasteiger partial charge in [-0.05, 0) is 36.8 Å². The maximum atomic E-state index is 12.9. The smallest absolute Gasteiger partial charge is 0.181 e. The van der Waals surface area contributed by atoms with E-state index < -0.39 is 9.84 Å². The zero-order valence-corrected chi connectivity index (χ0v) is 12.1. The molecule has 0 amide bonds. The standard InChI is InChI=1S/C16H22O2S/c17-19(18,14-9-2-1-3-10-14)16-12-5-4-7-13-8-6-11-15(13)16/h1-3,9-10,13,15-16H,4-8,11-12H2. The molecule has 2 nitrogen and oxygen atoms in total. The highest BCUT2D eigenvalue weighted by Crippen LogP contribution is 2.44. The fourth-order valence-corrected chi connectivity index (χ4v) is 6.23. The van der Waals surface area contributed by atoms with Crippen molar-refractivity contribution in [2.75, 3.05) is 0 Å². The van der Waals surface area contributed by atoms with Crippen molar-refractivity contribution in [3.8, 4) is 0 Å². The van der Waals surface area contributed by atoms with Crippen LogP contribution in [0.15, 0.2) is 35.2 Å². The Hall–Kier alpha value is -0.830. The van der Waals surface area contributed by atoms with Crippen LogP contribution in [-0.2, 0) is 9.84 Å². The average molecular weight is 278 g/mol. The third-order valence-corrected chi connectivity index (χ3v) is 7.29. The molecule has 104 valence electrons. The maximum Gasteiger partial charge on any atom is 0.181 e. The van der Waals surface area contributed by atoms with Crippen molar-refractivity contribution in [3.05, 3.63) is 30.3 Å². The van der Waals surface area contributed by atoms with Crippen LogP contribution in [0.3, 0.4) is 0 Å². The van der Waals surface area contributed by atoms with Crippen molar-refractivity contribution in [3.63, 3.8) is 0 Å². The minimum Gasteiger partial charge on any atom is -0.223 e. The topological polar surface area (TPSA) is 34.1 Å². The number of rotatable bonds is 2. The first-order valence-corrected chi connectivity index (χ1v) is 9.03. The third-order valence-electron chi connectivity index (χ3n) is 4.98. The number of benzene rings is 1. The molecule has 19 heavy (non-hydrogen) atoms. The van der Waals surface area contributed by atoms with Gasteiger partial charge < -0.3 is 0 Å². The quantitative estimate of drug-likeness (QED) is 0.824. The Bertz CT molecular complexity index is 521. The number of hydrogen-bond donors (Lipinski definition) is 0. The molecule has 1 aromatic rings. The summed E-state index contributed by atoms with van der Waals surface area (Å²) < 4.78 is 25.8. The molecule has 2 saturated carbocycles. The van der Waals surface area contributed by atoms with E-state index in [2.05, 4.69) is 0 Å². The van der Waals surface area contributed by atoms with Crippen LogP contribution in [0, 0.1) is 11.8 Å². The van der Waals surface area contributed by atoms with Gasteiger partial charge in [-0.1, -0.05) is 50.3 Å². The van der Waals surface area contributed by atoms with E-state index in [1.54, 1.807) is 12.1 Å². The van der Waals surface area contributed by atoms with Crippen LogP contribution in [0.5, 0.6) is 0 Å². The van der Waals surface area contributed by atoms with Gasteiger partial charge >= 0.3 is 0 Å². The Morgan fingerprint density at radius 3 is 2.32 bits per heavy atom. The van der Waals surface area contributed by atoms with Gasteiger partial charge in [0.1, 0.15) is 0 Å². The summed E-state index contributed by atoms with van der Waals surface area (Å²) in [6.07, 6.45) is 7.96. The Labute approximate surface area is 116 Å². The van der Waals surface area contributed by atoms with E-state index in [1.807, 2.05) is 18.2 Å². The molecule has 2 aliphatic carbocycles. The van der Waals surface area contributed by atoms with Crippen molar-refractivity contribution in [2.45, 2.75) is 55.1 Å². The van der Waals surface area contributed by atoms with Crippen LogP contribution in [0.25, 0.3) is 0 Å². The minimum absolute atomic E-state index is 0.134. The predicted molar refractivity (Wildman–Crippen MR) is 76.7 cm³/mol. The Balaban J connectivity index is 1.95. The van der Waals surface area contributed by atoms with Crippen molar-refractivity contribution >= 4 is 9.84 Å². The van der Waals surface area contributed by atoms with E-state index in [1.165, 1.54) is 25.7 Å². The van der Waals surface area contributed by atoms with Crippen molar-refractivity contribution in [1.82, 2.24) is 0 Å². The summed E-state index contributed by atoms with van der Waals surface area (Å²) >= 11 is 0. The molecular formula is C16H22O2S. The largest absolute Gasteiger partial charge is 0.223 e. The van der Waals surface area contributed by atoms with E-state index in [-0.39, 0.29) is 5.25 Å². The van der Waals surface area contributed by atoms with Crippen LogP contribution < -0.4 is 0 Å². The SMILES string of the molecule is O=S(=O)(c1ccccc1)C1CCCCC2CCCC21. The highest BCUT2D eigenvalue weighted by atomic mass is 32.2. The van der Waals surface area contributed by atoms with Gasteiger partial charge in [0.2, 0.25) is 0 Å². The molecule has 2 fully saturated rings. The van der Waals surface area contributed by atoms with E-state index in [0.717, 1.165) is 19.3 Å². The van der Waals surface area contributed by atoms with E-state index >= 15 is 0 Å². The zero-order chi connectivity index (χ0) is 13.3. The molecule has 1 aromatic carbocycles. The summed E-state index contributed by atoms with van der Waals surface area (Å²) in [5.74, 6) is 1.07. The van der Waals surface area contributed by atoms with Gasteiger partial charge in [-0.2, -0.15) is 0 Å². The molecule has 0 radical (unpaired) electrons. The summed E-state index contributed by atoms with van der Waals surface area (Å²) in [5.41, 5.74) is 0. The highest BCUT2D eigenvalue weighted by molar-refractivity contribution is 7.92. The lowest BCUT2D eigenvalue weighted by Gasteiger charge is -2.25. The lowest BCUT2D eigenvalue weighted by molar-refractivity contribution is 0.365. The average Bonchev–Trinajstić information content (AvgIpc) is 2.78. The van der Waals surface area contributed by atoms with Gasteiger partial charge in [0.05, 0.1) is 10.1 Å². The van der Waals surface area contributed by atoms with Crippen molar-refractivity contribution < 1.29 is 8.42 Å². The molecule has 0 aliphatic heterocycles. The van der Waals surface area contributed by atoms with Crippen LogP contribution in [0.1, 0.15) is 44.9 Å². The first kappa shape index (κ1) is 13.2. The summed E-state index contributed by atoms with van der Waals surface area (Å²) in [4.78, 5) is 0.521. The van der Waals surface area contributed by atoms with Crippen LogP contribution in [0.2, 0.25) is 0 Å². The first-order chi connectivity index (χ1) is 9.19. The number of fused-ring (bicyclic) bond motifs is 1. The molecule has 0 aromatic heterocycles. The summed E-state index contributed by atoms with van der Waals surface area (Å²) in [5, 5.41) is -0.134. The molecule has 0 spiro atoms. The lowest BCUT2D eigenvalue weighted by Crippen LogP contribution is -2.31. The van der Waals surface area contributed by atoms with Gasteiger partial charge in [-0.3, -0.25) is 0 Å². The Morgan fingerprint density at radius 2 is 1.53 bits per heavy atom. The van der Waals surface area contributed by atoms with Crippen LogP contribution in [-0.4, -0.2) is 13.7 Å². The molecule has 0 bridgehead atoms. The lowest BCUT2D eigenvalue weighted by atomic mass is 9.91. The van der Waals surface area contributed by atoms with Crippen LogP contribution >= 0.6 is 0 Å². The highest BCUT2D eigenvalue weighted by Gasteiger charge is 2.41. The fraction of sp³-hybridized carbons (Fsp3) is 0.625. The second-order valence-corrected chi connectivity index (χ2v) is 8.20.